The molecule has 3 heteroatoms. The van der Waals surface area contributed by atoms with Gasteiger partial charge in [-0.05, 0) is 29.2 Å². The second kappa shape index (κ2) is 6.84. The molecule has 21 heavy (non-hydrogen) atoms. The molecule has 0 aliphatic heterocycles. The Balaban J connectivity index is 2.19. The van der Waals surface area contributed by atoms with Gasteiger partial charge in [-0.15, -0.1) is 0 Å². The van der Waals surface area contributed by atoms with Gasteiger partial charge in [-0.3, -0.25) is 0 Å². The van der Waals surface area contributed by atoms with Crippen LogP contribution in [0, 0.1) is 0 Å². The van der Waals surface area contributed by atoms with Crippen LogP contribution in [0.3, 0.4) is 0 Å². The number of carboxylic acid groups (broad SMARTS) is 1. The van der Waals surface area contributed by atoms with E-state index in [9.17, 15) is 4.79 Å². The first-order valence-corrected chi connectivity index (χ1v) is 7.04. The lowest BCUT2D eigenvalue weighted by Gasteiger charge is -2.04. The highest BCUT2D eigenvalue weighted by Crippen LogP contribution is 2.15. The van der Waals surface area contributed by atoms with Gasteiger partial charge in [0, 0.05) is 18.2 Å². The van der Waals surface area contributed by atoms with E-state index in [0.717, 1.165) is 11.3 Å². The van der Waals surface area contributed by atoms with Crippen LogP contribution in [0.2, 0.25) is 0 Å². The first kappa shape index (κ1) is 15.0. The topological polar surface area (TPSA) is 41.2 Å². The van der Waals surface area contributed by atoms with Crippen LogP contribution in [0.4, 0.5) is 0 Å². The summed E-state index contributed by atoms with van der Waals surface area (Å²) < 4.78 is 1.71. The molecule has 0 spiro atoms. The van der Waals surface area contributed by atoms with Gasteiger partial charge < -0.3 is 5.11 Å². The predicted molar refractivity (Wildman–Crippen MR) is 83.7 cm³/mol. The highest BCUT2D eigenvalue weighted by Gasteiger charge is 2.10. The van der Waals surface area contributed by atoms with E-state index in [1.807, 2.05) is 30.4 Å². The van der Waals surface area contributed by atoms with Gasteiger partial charge in [-0.25, -0.2) is 4.79 Å². The van der Waals surface area contributed by atoms with E-state index in [0.29, 0.717) is 5.92 Å². The van der Waals surface area contributed by atoms with Gasteiger partial charge in [-0.2, -0.15) is 4.57 Å². The molecule has 0 bridgehead atoms. The van der Waals surface area contributed by atoms with E-state index in [1.54, 1.807) is 10.8 Å². The predicted octanol–water partition coefficient (Wildman–Crippen LogP) is 3.35. The fourth-order valence-corrected chi connectivity index (χ4v) is 2.10. The van der Waals surface area contributed by atoms with Crippen LogP contribution in [0.1, 0.15) is 36.6 Å². The van der Waals surface area contributed by atoms with Crippen molar-refractivity contribution in [2.45, 2.75) is 26.3 Å². The van der Waals surface area contributed by atoms with Crippen LogP contribution < -0.4 is 4.57 Å². The number of aromatic nitrogens is 1. The van der Waals surface area contributed by atoms with Gasteiger partial charge in [0.05, 0.1) is 0 Å². The highest BCUT2D eigenvalue weighted by molar-refractivity contribution is 5.68. The number of benzene rings is 1. The van der Waals surface area contributed by atoms with Gasteiger partial charge >= 0.3 is 5.97 Å². The fraction of sp³-hybridized carbons (Fsp3) is 0.222. The van der Waals surface area contributed by atoms with Crippen LogP contribution in [-0.2, 0) is 11.3 Å². The van der Waals surface area contributed by atoms with E-state index < -0.39 is 5.97 Å². The fourth-order valence-electron chi connectivity index (χ4n) is 2.10. The van der Waals surface area contributed by atoms with Crippen molar-refractivity contribution in [1.29, 1.82) is 0 Å². The average Bonchev–Trinajstić information content (AvgIpc) is 2.46. The molecule has 1 aromatic carbocycles. The number of hydrogen-bond acceptors (Lipinski definition) is 1. The molecule has 0 atom stereocenters. The monoisotopic (exact) mass is 282 g/mol. The summed E-state index contributed by atoms with van der Waals surface area (Å²) in [6.45, 7) is 4.31. The van der Waals surface area contributed by atoms with Gasteiger partial charge in [0.1, 0.15) is 0 Å². The van der Waals surface area contributed by atoms with Crippen LogP contribution in [0.5, 0.6) is 0 Å². The largest absolute Gasteiger partial charge is 0.477 e. The van der Waals surface area contributed by atoms with Crippen molar-refractivity contribution < 1.29 is 14.5 Å². The van der Waals surface area contributed by atoms with Crippen LogP contribution in [0.25, 0.3) is 12.2 Å². The number of aliphatic carboxylic acids is 1. The summed E-state index contributed by atoms with van der Waals surface area (Å²) in [7, 11) is 0. The van der Waals surface area contributed by atoms with Gasteiger partial charge in [0.2, 0.25) is 12.2 Å². The number of hydrogen-bond donors (Lipinski definition) is 1. The maximum atomic E-state index is 10.9. The van der Waals surface area contributed by atoms with Crippen molar-refractivity contribution in [3.8, 4) is 0 Å². The van der Waals surface area contributed by atoms with Crippen molar-refractivity contribution in [1.82, 2.24) is 0 Å². The molecule has 0 amide bonds. The number of nitrogens with zero attached hydrogens (tertiary/aromatic N) is 1. The summed E-state index contributed by atoms with van der Waals surface area (Å²) in [4.78, 5) is 10.9. The average molecular weight is 282 g/mol. The lowest BCUT2D eigenvalue weighted by atomic mass is 10.0. The standard InChI is InChI=1S/C18H19NO2/c1-14(2)16-9-6-15(7-10-16)8-11-17-5-3-4-12-19(17)13-18(20)21/h3-12,14H,13H2,1-2H3/p+1/b11-8+. The van der Waals surface area contributed by atoms with Crippen molar-refractivity contribution >= 4 is 18.1 Å². The molecule has 2 rings (SSSR count). The Labute approximate surface area is 125 Å². The maximum absolute atomic E-state index is 10.9. The normalized spacial score (nSPS) is 11.2. The molecule has 1 N–H and O–H groups in total. The summed E-state index contributed by atoms with van der Waals surface area (Å²) >= 11 is 0. The maximum Gasteiger partial charge on any atom is 0.370 e. The Morgan fingerprint density at radius 2 is 1.86 bits per heavy atom. The molecular weight excluding hydrogens is 262 g/mol. The zero-order valence-electron chi connectivity index (χ0n) is 12.4. The third-order valence-electron chi connectivity index (χ3n) is 3.33. The zero-order chi connectivity index (χ0) is 15.2. The molecule has 1 aromatic heterocycles. The van der Waals surface area contributed by atoms with Crippen molar-refractivity contribution in [2.75, 3.05) is 0 Å². The number of pyridine rings is 1. The van der Waals surface area contributed by atoms with Crippen molar-refractivity contribution in [3.05, 3.63) is 65.5 Å². The molecular formula is C18H20NO2+. The number of carboxylic acids is 1. The van der Waals surface area contributed by atoms with Crippen LogP contribution >= 0.6 is 0 Å². The molecule has 0 aliphatic rings. The molecule has 3 nitrogen and oxygen atoms in total. The van der Waals surface area contributed by atoms with Gasteiger partial charge in [0.25, 0.3) is 0 Å². The molecule has 0 saturated carbocycles. The zero-order valence-corrected chi connectivity index (χ0v) is 12.4. The SMILES string of the molecule is CC(C)c1ccc(/C=C/c2cccc[n+]2CC(=O)O)cc1. The third kappa shape index (κ3) is 4.28. The van der Waals surface area contributed by atoms with Crippen molar-refractivity contribution in [3.63, 3.8) is 0 Å². The summed E-state index contributed by atoms with van der Waals surface area (Å²) in [5, 5.41) is 8.91. The number of carbonyl (C=O) groups is 1. The highest BCUT2D eigenvalue weighted by atomic mass is 16.4. The summed E-state index contributed by atoms with van der Waals surface area (Å²) in [6.07, 6.45) is 5.71. The van der Waals surface area contributed by atoms with Gasteiger partial charge in [0.15, 0.2) is 6.20 Å². The van der Waals surface area contributed by atoms with E-state index in [4.69, 9.17) is 5.11 Å². The summed E-state index contributed by atoms with van der Waals surface area (Å²) in [6, 6.07) is 14.0. The Bertz CT molecular complexity index is 643. The third-order valence-corrected chi connectivity index (χ3v) is 3.33. The smallest absolute Gasteiger partial charge is 0.370 e. The molecule has 1 heterocycles. The summed E-state index contributed by atoms with van der Waals surface area (Å²) in [5.41, 5.74) is 3.28. The minimum atomic E-state index is -0.845. The second-order valence-electron chi connectivity index (χ2n) is 5.30. The molecule has 0 aliphatic carbocycles. The molecule has 2 aromatic rings. The first-order chi connectivity index (χ1) is 10.1. The van der Waals surface area contributed by atoms with Crippen LogP contribution in [0.15, 0.2) is 48.7 Å². The quantitative estimate of drug-likeness (QED) is 0.854. The lowest BCUT2D eigenvalue weighted by molar-refractivity contribution is -0.687. The Hall–Kier alpha value is -2.42. The summed E-state index contributed by atoms with van der Waals surface area (Å²) in [5.74, 6) is -0.322. The molecule has 108 valence electrons. The second-order valence-corrected chi connectivity index (χ2v) is 5.30. The minimum absolute atomic E-state index is 0.0349. The minimum Gasteiger partial charge on any atom is -0.477 e. The Kier molecular flexibility index (Phi) is 4.88. The molecule has 0 saturated heterocycles. The van der Waals surface area contributed by atoms with E-state index >= 15 is 0 Å². The Morgan fingerprint density at radius 1 is 1.14 bits per heavy atom. The van der Waals surface area contributed by atoms with E-state index in [2.05, 4.69) is 38.1 Å². The number of rotatable bonds is 5. The molecule has 0 fully saturated rings. The van der Waals surface area contributed by atoms with E-state index in [1.165, 1.54) is 5.56 Å². The first-order valence-electron chi connectivity index (χ1n) is 7.04. The van der Waals surface area contributed by atoms with Gasteiger partial charge in [-0.1, -0.05) is 38.1 Å². The Morgan fingerprint density at radius 3 is 2.48 bits per heavy atom. The van der Waals surface area contributed by atoms with Crippen LogP contribution in [-0.4, -0.2) is 11.1 Å². The molecule has 0 radical (unpaired) electrons. The molecule has 0 unspecified atom stereocenters. The van der Waals surface area contributed by atoms with E-state index in [-0.39, 0.29) is 6.54 Å². The van der Waals surface area contributed by atoms with Crippen molar-refractivity contribution in [2.24, 2.45) is 0 Å². The lowest BCUT2D eigenvalue weighted by Crippen LogP contribution is -2.40.